The summed E-state index contributed by atoms with van der Waals surface area (Å²) in [6, 6.07) is 29.7. The quantitative estimate of drug-likeness (QED) is 0.574. The van der Waals surface area contributed by atoms with Crippen LogP contribution in [0.1, 0.15) is 0 Å². The first-order valence-corrected chi connectivity index (χ1v) is 12.1. The molecule has 0 aliphatic heterocycles. The standard InChI is InChI=1S/C20H21OPSi/c1-23(2,21)20-16-10-9-15-19(20)22(17-11-5-3-6-12-17)18-13-7-4-8-14-18/h3-16,21H,1-2H3. The van der Waals surface area contributed by atoms with Gasteiger partial charge >= 0.3 is 0 Å². The van der Waals surface area contributed by atoms with Gasteiger partial charge in [0.05, 0.1) is 0 Å². The zero-order chi connectivity index (χ0) is 16.3. The van der Waals surface area contributed by atoms with Gasteiger partial charge in [-0.15, -0.1) is 0 Å². The molecule has 0 saturated heterocycles. The molecule has 0 aliphatic carbocycles. The Kier molecular flexibility index (Phi) is 4.77. The van der Waals surface area contributed by atoms with Crippen LogP contribution in [0, 0.1) is 0 Å². The van der Waals surface area contributed by atoms with Crippen LogP contribution in [0.5, 0.6) is 0 Å². The van der Waals surface area contributed by atoms with E-state index in [1.807, 2.05) is 19.2 Å². The van der Waals surface area contributed by atoms with Crippen LogP contribution in [-0.4, -0.2) is 13.1 Å². The topological polar surface area (TPSA) is 20.2 Å². The van der Waals surface area contributed by atoms with E-state index in [2.05, 4.69) is 78.9 Å². The van der Waals surface area contributed by atoms with E-state index in [4.69, 9.17) is 0 Å². The highest BCUT2D eigenvalue weighted by atomic mass is 31.1. The third-order valence-corrected chi connectivity index (χ3v) is 8.30. The summed E-state index contributed by atoms with van der Waals surface area (Å²) in [7, 11) is -3.05. The van der Waals surface area contributed by atoms with E-state index in [1.165, 1.54) is 15.9 Å². The average Bonchev–Trinajstić information content (AvgIpc) is 2.57. The molecule has 0 amide bonds. The van der Waals surface area contributed by atoms with Crippen LogP contribution in [0.15, 0.2) is 84.9 Å². The lowest BCUT2D eigenvalue weighted by Gasteiger charge is -2.26. The van der Waals surface area contributed by atoms with Gasteiger partial charge in [0, 0.05) is 0 Å². The van der Waals surface area contributed by atoms with Crippen LogP contribution in [0.2, 0.25) is 13.1 Å². The van der Waals surface area contributed by atoms with Crippen molar-refractivity contribution in [3.05, 3.63) is 84.9 Å². The Morgan fingerprint density at radius 1 is 0.652 bits per heavy atom. The third kappa shape index (κ3) is 3.61. The van der Waals surface area contributed by atoms with Gasteiger partial charge in [0.25, 0.3) is 0 Å². The second-order valence-corrected chi connectivity index (χ2v) is 11.9. The van der Waals surface area contributed by atoms with E-state index in [0.717, 1.165) is 5.19 Å². The van der Waals surface area contributed by atoms with E-state index in [1.54, 1.807) is 0 Å². The molecule has 0 radical (unpaired) electrons. The first-order chi connectivity index (χ1) is 11.1. The summed E-state index contributed by atoms with van der Waals surface area (Å²) in [5, 5.41) is 5.05. The zero-order valence-corrected chi connectivity index (χ0v) is 15.4. The fourth-order valence-electron chi connectivity index (χ4n) is 2.77. The molecule has 3 heteroatoms. The molecule has 0 saturated carbocycles. The summed E-state index contributed by atoms with van der Waals surface area (Å²) in [5.74, 6) is 0. The number of hydrogen-bond acceptors (Lipinski definition) is 1. The molecule has 0 bridgehead atoms. The third-order valence-electron chi connectivity index (χ3n) is 3.83. The molecule has 0 unspecified atom stereocenters. The molecule has 116 valence electrons. The molecule has 0 aromatic heterocycles. The molecule has 0 aliphatic rings. The normalized spacial score (nSPS) is 11.7. The maximum atomic E-state index is 10.8. The van der Waals surface area contributed by atoms with Gasteiger partial charge in [-0.05, 0) is 42.1 Å². The van der Waals surface area contributed by atoms with E-state index in [0.29, 0.717) is 0 Å². The largest absolute Gasteiger partial charge is 0.428 e. The second-order valence-electron chi connectivity index (χ2n) is 6.08. The van der Waals surface area contributed by atoms with Gasteiger partial charge in [0.1, 0.15) is 0 Å². The van der Waals surface area contributed by atoms with Crippen LogP contribution < -0.4 is 21.1 Å². The lowest BCUT2D eigenvalue weighted by Crippen LogP contribution is -2.50. The number of benzene rings is 3. The number of rotatable bonds is 4. The average molecular weight is 336 g/mol. The van der Waals surface area contributed by atoms with Gasteiger partial charge in [-0.3, -0.25) is 0 Å². The SMILES string of the molecule is C[Si](C)(O)c1ccccc1P(c1ccccc1)c1ccccc1. The minimum absolute atomic E-state index is 0.656. The van der Waals surface area contributed by atoms with E-state index < -0.39 is 16.2 Å². The van der Waals surface area contributed by atoms with Crippen LogP contribution in [0.4, 0.5) is 0 Å². The van der Waals surface area contributed by atoms with Crippen molar-refractivity contribution < 1.29 is 4.80 Å². The Morgan fingerprint density at radius 2 is 1.09 bits per heavy atom. The molecule has 1 nitrogen and oxygen atoms in total. The van der Waals surface area contributed by atoms with Gasteiger partial charge in [0.15, 0.2) is 0 Å². The number of hydrogen-bond donors (Lipinski definition) is 1. The fourth-order valence-corrected chi connectivity index (χ4v) is 7.48. The van der Waals surface area contributed by atoms with Crippen molar-refractivity contribution in [1.29, 1.82) is 0 Å². The lowest BCUT2D eigenvalue weighted by atomic mass is 10.3. The first kappa shape index (κ1) is 16.1. The molecule has 0 fully saturated rings. The molecule has 0 heterocycles. The molecule has 23 heavy (non-hydrogen) atoms. The van der Waals surface area contributed by atoms with Gasteiger partial charge in [-0.2, -0.15) is 0 Å². The smallest absolute Gasteiger partial charge is 0.214 e. The van der Waals surface area contributed by atoms with Gasteiger partial charge in [-0.25, -0.2) is 0 Å². The van der Waals surface area contributed by atoms with Gasteiger partial charge < -0.3 is 4.80 Å². The predicted molar refractivity (Wildman–Crippen MR) is 104 cm³/mol. The molecular weight excluding hydrogens is 315 g/mol. The summed E-state index contributed by atoms with van der Waals surface area (Å²) in [4.78, 5) is 10.8. The van der Waals surface area contributed by atoms with Crippen LogP contribution >= 0.6 is 7.92 Å². The summed E-state index contributed by atoms with van der Waals surface area (Å²) >= 11 is 0. The Hall–Kier alpha value is -1.73. The molecule has 3 aromatic rings. The van der Waals surface area contributed by atoms with Gasteiger partial charge in [-0.1, -0.05) is 84.9 Å². The molecule has 3 rings (SSSR count). The fraction of sp³-hybridized carbons (Fsp3) is 0.100. The Bertz CT molecular complexity index is 727. The van der Waals surface area contributed by atoms with Crippen LogP contribution in [0.25, 0.3) is 0 Å². The highest BCUT2D eigenvalue weighted by molar-refractivity contribution is 7.80. The Morgan fingerprint density at radius 3 is 1.57 bits per heavy atom. The van der Waals surface area contributed by atoms with Crippen molar-refractivity contribution in [2.24, 2.45) is 0 Å². The lowest BCUT2D eigenvalue weighted by molar-refractivity contribution is 0.569. The Labute approximate surface area is 140 Å². The molecular formula is C20H21OPSi. The van der Waals surface area contributed by atoms with E-state index in [9.17, 15) is 4.80 Å². The molecule has 3 aromatic carbocycles. The van der Waals surface area contributed by atoms with Crippen LogP contribution in [-0.2, 0) is 0 Å². The highest BCUT2D eigenvalue weighted by Gasteiger charge is 2.28. The van der Waals surface area contributed by atoms with Crippen molar-refractivity contribution in [1.82, 2.24) is 0 Å². The summed E-state index contributed by atoms with van der Waals surface area (Å²) < 4.78 is 0. The molecule has 1 N–H and O–H groups in total. The summed E-state index contributed by atoms with van der Waals surface area (Å²) in [6.07, 6.45) is 0. The zero-order valence-electron chi connectivity index (χ0n) is 13.5. The molecule has 0 spiro atoms. The van der Waals surface area contributed by atoms with Crippen molar-refractivity contribution in [3.63, 3.8) is 0 Å². The maximum absolute atomic E-state index is 10.8. The van der Waals surface area contributed by atoms with Gasteiger partial charge in [0.2, 0.25) is 8.32 Å². The summed E-state index contributed by atoms with van der Waals surface area (Å²) in [6.45, 7) is 3.99. The van der Waals surface area contributed by atoms with E-state index in [-0.39, 0.29) is 0 Å². The highest BCUT2D eigenvalue weighted by Crippen LogP contribution is 2.32. The Balaban J connectivity index is 2.22. The predicted octanol–water partition coefficient (Wildman–Crippen LogP) is 2.85. The summed E-state index contributed by atoms with van der Waals surface area (Å²) in [5.41, 5.74) is 0. The second kappa shape index (κ2) is 6.80. The first-order valence-electron chi connectivity index (χ1n) is 7.79. The van der Waals surface area contributed by atoms with Crippen LogP contribution in [0.3, 0.4) is 0 Å². The monoisotopic (exact) mass is 336 g/mol. The van der Waals surface area contributed by atoms with Crippen molar-refractivity contribution >= 4 is 37.3 Å². The van der Waals surface area contributed by atoms with Crippen molar-refractivity contribution in [2.45, 2.75) is 13.1 Å². The minimum atomic E-state index is -2.39. The van der Waals surface area contributed by atoms with E-state index >= 15 is 0 Å². The minimum Gasteiger partial charge on any atom is -0.428 e. The maximum Gasteiger partial charge on any atom is 0.214 e. The van der Waals surface area contributed by atoms with Crippen molar-refractivity contribution in [2.75, 3.05) is 0 Å². The molecule has 0 atom stereocenters. The van der Waals surface area contributed by atoms with Crippen molar-refractivity contribution in [3.8, 4) is 0 Å².